The lowest BCUT2D eigenvalue weighted by atomic mass is 10.1. The number of amides is 1. The molecule has 0 saturated heterocycles. The third-order valence-electron chi connectivity index (χ3n) is 6.80. The third kappa shape index (κ3) is 3.60. The van der Waals surface area contributed by atoms with E-state index in [0.717, 1.165) is 16.8 Å². The second-order valence-electron chi connectivity index (χ2n) is 9.19. The van der Waals surface area contributed by atoms with Crippen molar-refractivity contribution < 1.29 is 9.18 Å². The summed E-state index contributed by atoms with van der Waals surface area (Å²) >= 11 is 2.82. The second kappa shape index (κ2) is 8.93. The monoisotopic (exact) mass is 564 g/mol. The predicted molar refractivity (Wildman–Crippen MR) is 153 cm³/mol. The summed E-state index contributed by atoms with van der Waals surface area (Å²) in [4.78, 5) is 37.8. The van der Waals surface area contributed by atoms with Crippen LogP contribution in [0.1, 0.15) is 0 Å². The Bertz CT molecular complexity index is 1970. The maximum absolute atomic E-state index is 14.5. The van der Waals surface area contributed by atoms with Crippen molar-refractivity contribution >= 4 is 63.4 Å². The number of anilines is 2. The number of hydrogen-bond donors (Lipinski definition) is 2. The van der Waals surface area contributed by atoms with E-state index in [1.807, 2.05) is 53.1 Å². The molecule has 0 spiro atoms. The lowest BCUT2D eigenvalue weighted by Gasteiger charge is -2.34. The zero-order valence-corrected chi connectivity index (χ0v) is 22.1. The molecule has 5 aromatic rings. The Balaban J connectivity index is 1.33. The van der Waals surface area contributed by atoms with Crippen LogP contribution in [0.15, 0.2) is 102 Å². The molecule has 0 saturated carbocycles. The first-order chi connectivity index (χ1) is 19.6. The molecule has 0 radical (unpaired) electrons. The molecular formula is C28H17FN8OS2. The van der Waals surface area contributed by atoms with E-state index in [2.05, 4.69) is 24.7 Å². The summed E-state index contributed by atoms with van der Waals surface area (Å²) in [7, 11) is 0. The van der Waals surface area contributed by atoms with E-state index in [4.69, 9.17) is 4.98 Å². The van der Waals surface area contributed by atoms with E-state index in [9.17, 15) is 9.18 Å². The highest BCUT2D eigenvalue weighted by atomic mass is 32.2. The minimum atomic E-state index is -0.582. The fourth-order valence-corrected chi connectivity index (χ4v) is 6.72. The van der Waals surface area contributed by atoms with Crippen LogP contribution in [-0.4, -0.2) is 40.4 Å². The quantitative estimate of drug-likeness (QED) is 0.271. The lowest BCUT2D eigenvalue weighted by Crippen LogP contribution is -2.40. The van der Waals surface area contributed by atoms with Gasteiger partial charge >= 0.3 is 0 Å². The molecule has 3 aliphatic rings. The van der Waals surface area contributed by atoms with Gasteiger partial charge in [0.25, 0.3) is 5.91 Å². The standard InChI is InChI=1S/C28H17FN8OS2/c29-18-4-3-7-21-23(18)35-26(34-21)17-8-10-30-27-24(17)37(22-14-31-19-5-1-2-6-20(19)33-22)28(38)25(39-27)15-9-11-36-16(12-15)13-32-40-36/h1-14,25,32H,(H,34,35). The zero-order chi connectivity index (χ0) is 26.8. The molecule has 1 amide bonds. The summed E-state index contributed by atoms with van der Waals surface area (Å²) in [5, 5.41) is 0.0455. The summed E-state index contributed by atoms with van der Waals surface area (Å²) in [6.07, 6.45) is 11.0. The molecule has 12 heteroatoms. The van der Waals surface area contributed by atoms with Crippen molar-refractivity contribution in [3.05, 3.63) is 103 Å². The van der Waals surface area contributed by atoms with Crippen molar-refractivity contribution in [2.24, 2.45) is 0 Å². The van der Waals surface area contributed by atoms with Crippen molar-refractivity contribution in [1.29, 1.82) is 0 Å². The average molecular weight is 565 g/mol. The SMILES string of the molecule is O=C1C(C2=CC3=CNSN3C=C2)Sc2nccc(-c3nc4c(F)cccc4[nH]3)c2N1c1cnc2ccccc2n1. The minimum Gasteiger partial charge on any atom is -0.338 e. The first-order valence-corrected chi connectivity index (χ1v) is 14.0. The molecular weight excluding hydrogens is 547 g/mol. The number of aromatic amines is 1. The predicted octanol–water partition coefficient (Wildman–Crippen LogP) is 5.61. The average Bonchev–Trinajstić information content (AvgIpc) is 3.64. The zero-order valence-electron chi connectivity index (χ0n) is 20.4. The van der Waals surface area contributed by atoms with Crippen molar-refractivity contribution in [3.63, 3.8) is 0 Å². The number of para-hydroxylation sites is 3. The summed E-state index contributed by atoms with van der Waals surface area (Å²) in [6.45, 7) is 0. The summed E-state index contributed by atoms with van der Waals surface area (Å²) < 4.78 is 19.7. The van der Waals surface area contributed by atoms with E-state index < -0.39 is 11.1 Å². The molecule has 2 aromatic carbocycles. The molecule has 1 atom stereocenters. The van der Waals surface area contributed by atoms with E-state index in [-0.39, 0.29) is 11.4 Å². The van der Waals surface area contributed by atoms with Gasteiger partial charge in [-0.15, -0.1) is 0 Å². The first kappa shape index (κ1) is 23.2. The van der Waals surface area contributed by atoms with E-state index in [0.29, 0.717) is 39.0 Å². The van der Waals surface area contributed by atoms with Gasteiger partial charge in [0.2, 0.25) is 0 Å². The maximum atomic E-state index is 14.5. The highest BCUT2D eigenvalue weighted by molar-refractivity contribution is 8.01. The smallest absolute Gasteiger partial charge is 0.250 e. The van der Waals surface area contributed by atoms with Crippen LogP contribution in [0.2, 0.25) is 0 Å². The van der Waals surface area contributed by atoms with Crippen LogP contribution in [0.25, 0.3) is 33.5 Å². The van der Waals surface area contributed by atoms with E-state index >= 15 is 0 Å². The van der Waals surface area contributed by atoms with Gasteiger partial charge in [-0.2, -0.15) is 0 Å². The Kier molecular flexibility index (Phi) is 5.19. The largest absolute Gasteiger partial charge is 0.338 e. The van der Waals surface area contributed by atoms with Crippen LogP contribution >= 0.6 is 23.9 Å². The van der Waals surface area contributed by atoms with Gasteiger partial charge < -0.3 is 9.71 Å². The molecule has 8 rings (SSSR count). The van der Waals surface area contributed by atoms with Crippen molar-refractivity contribution in [2.75, 3.05) is 4.90 Å². The van der Waals surface area contributed by atoms with Crippen LogP contribution in [0.4, 0.5) is 15.9 Å². The number of nitrogens with one attached hydrogen (secondary N) is 2. The fraction of sp³-hybridized carbons (Fsp3) is 0.0357. The number of hydrogen-bond acceptors (Lipinski definition) is 9. The maximum Gasteiger partial charge on any atom is 0.250 e. The number of nitrogens with zero attached hydrogens (tertiary/aromatic N) is 6. The number of aromatic nitrogens is 5. The van der Waals surface area contributed by atoms with Crippen LogP contribution < -0.4 is 9.62 Å². The first-order valence-electron chi connectivity index (χ1n) is 12.3. The van der Waals surface area contributed by atoms with E-state index in [1.165, 1.54) is 30.0 Å². The van der Waals surface area contributed by atoms with Gasteiger partial charge in [-0.1, -0.05) is 30.0 Å². The molecule has 0 bridgehead atoms. The molecule has 2 N–H and O–H groups in total. The van der Waals surface area contributed by atoms with Gasteiger partial charge in [0.15, 0.2) is 11.6 Å². The number of pyridine rings is 1. The molecule has 0 fully saturated rings. The Morgan fingerprint density at radius 2 is 1.90 bits per heavy atom. The number of fused-ring (bicyclic) bond motifs is 4. The third-order valence-corrected chi connectivity index (χ3v) is 8.79. The molecule has 0 aliphatic carbocycles. The number of thioether (sulfide) groups is 1. The molecule has 194 valence electrons. The van der Waals surface area contributed by atoms with Gasteiger partial charge in [-0.05, 0) is 48.1 Å². The summed E-state index contributed by atoms with van der Waals surface area (Å²) in [5.41, 5.74) is 5.08. The molecule has 40 heavy (non-hydrogen) atoms. The van der Waals surface area contributed by atoms with Gasteiger partial charge in [-0.25, -0.2) is 19.3 Å². The minimum absolute atomic E-state index is 0.192. The molecule has 9 nitrogen and oxygen atoms in total. The van der Waals surface area contributed by atoms with Crippen molar-refractivity contribution in [1.82, 2.24) is 33.9 Å². The van der Waals surface area contributed by atoms with Crippen LogP contribution in [-0.2, 0) is 4.79 Å². The number of carbonyl (C=O) groups is 1. The molecule has 3 aliphatic heterocycles. The number of benzene rings is 2. The topological polar surface area (TPSA) is 103 Å². The number of imidazole rings is 1. The molecule has 6 heterocycles. The number of allylic oxidation sites excluding steroid dienone is 2. The Hall–Kier alpha value is -4.68. The molecule has 1 unspecified atom stereocenters. The van der Waals surface area contributed by atoms with Gasteiger partial charge in [0.1, 0.15) is 21.6 Å². The van der Waals surface area contributed by atoms with Gasteiger partial charge in [0.05, 0.1) is 46.3 Å². The van der Waals surface area contributed by atoms with Gasteiger partial charge in [-0.3, -0.25) is 19.0 Å². The van der Waals surface area contributed by atoms with Crippen molar-refractivity contribution in [2.45, 2.75) is 10.3 Å². The summed E-state index contributed by atoms with van der Waals surface area (Å²) in [6, 6.07) is 14.0. The van der Waals surface area contributed by atoms with Gasteiger partial charge in [0, 0.05) is 24.2 Å². The van der Waals surface area contributed by atoms with Crippen LogP contribution in [0.5, 0.6) is 0 Å². The summed E-state index contributed by atoms with van der Waals surface area (Å²) in [5.74, 6) is 0.175. The highest BCUT2D eigenvalue weighted by Gasteiger charge is 2.40. The molecule has 3 aromatic heterocycles. The second-order valence-corrected chi connectivity index (χ2v) is 11.1. The number of carbonyl (C=O) groups excluding carboxylic acids is 1. The highest BCUT2D eigenvalue weighted by Crippen LogP contribution is 2.48. The number of halogens is 1. The van der Waals surface area contributed by atoms with Crippen LogP contribution in [0, 0.1) is 5.82 Å². The Morgan fingerprint density at radius 1 is 1.00 bits per heavy atom. The normalized spacial score (nSPS) is 18.0. The van der Waals surface area contributed by atoms with E-state index in [1.54, 1.807) is 35.5 Å². The van der Waals surface area contributed by atoms with Crippen LogP contribution in [0.3, 0.4) is 0 Å². The lowest BCUT2D eigenvalue weighted by molar-refractivity contribution is -0.117. The number of rotatable bonds is 3. The van der Waals surface area contributed by atoms with Crippen molar-refractivity contribution in [3.8, 4) is 11.4 Å². The Morgan fingerprint density at radius 3 is 2.80 bits per heavy atom. The number of H-pyrrole nitrogens is 1. The Labute approximate surface area is 235 Å². The fourth-order valence-electron chi connectivity index (χ4n) is 4.95.